The lowest BCUT2D eigenvalue weighted by molar-refractivity contribution is 0.0330. The van der Waals surface area contributed by atoms with E-state index in [0.717, 1.165) is 31.1 Å². The lowest BCUT2D eigenvalue weighted by Gasteiger charge is -2.30. The molecule has 1 N–H and O–H groups in total. The predicted octanol–water partition coefficient (Wildman–Crippen LogP) is 3.17. The summed E-state index contributed by atoms with van der Waals surface area (Å²) in [5.74, 6) is 2.10. The molecule has 1 aromatic carbocycles. The Morgan fingerprint density at radius 2 is 1.90 bits per heavy atom. The maximum Gasteiger partial charge on any atom is 0.161 e. The molecule has 0 spiro atoms. The highest BCUT2D eigenvalue weighted by atomic mass is 16.5. The van der Waals surface area contributed by atoms with Gasteiger partial charge in [0.2, 0.25) is 0 Å². The summed E-state index contributed by atoms with van der Waals surface area (Å²) < 4.78 is 17.2. The molecule has 1 aromatic rings. The van der Waals surface area contributed by atoms with Crippen molar-refractivity contribution in [3.8, 4) is 11.5 Å². The molecule has 0 aliphatic carbocycles. The van der Waals surface area contributed by atoms with Gasteiger partial charge in [-0.2, -0.15) is 0 Å². The molecular weight excluding hydrogens is 266 g/mol. The number of hydrogen-bond acceptors (Lipinski definition) is 4. The molecule has 0 radical (unpaired) electrons. The van der Waals surface area contributed by atoms with Crippen LogP contribution in [-0.2, 0) is 4.74 Å². The number of benzene rings is 1. The lowest BCUT2D eigenvalue weighted by atomic mass is 9.93. The quantitative estimate of drug-likeness (QED) is 0.874. The molecule has 1 heterocycles. The molecule has 1 aliphatic rings. The van der Waals surface area contributed by atoms with Gasteiger partial charge in [0.25, 0.3) is 0 Å². The highest BCUT2D eigenvalue weighted by Gasteiger charge is 2.26. The van der Waals surface area contributed by atoms with Crippen LogP contribution in [0.1, 0.15) is 38.8 Å². The maximum absolute atomic E-state index is 5.80. The van der Waals surface area contributed by atoms with Gasteiger partial charge < -0.3 is 19.5 Å². The van der Waals surface area contributed by atoms with E-state index in [0.29, 0.717) is 12.5 Å². The highest BCUT2D eigenvalue weighted by Crippen LogP contribution is 2.34. The fraction of sp³-hybridized carbons (Fsp3) is 0.647. The SMILES string of the molecule is CCNC(c1ccc2c(c1)OCCCO2)C(OC)C(C)C. The van der Waals surface area contributed by atoms with E-state index in [1.807, 2.05) is 6.07 Å². The molecule has 118 valence electrons. The Hall–Kier alpha value is -1.26. The summed E-state index contributed by atoms with van der Waals surface area (Å²) in [7, 11) is 1.78. The Morgan fingerprint density at radius 1 is 1.19 bits per heavy atom. The van der Waals surface area contributed by atoms with Gasteiger partial charge in [-0.1, -0.05) is 26.8 Å². The van der Waals surface area contributed by atoms with Crippen LogP contribution in [0, 0.1) is 5.92 Å². The summed E-state index contributed by atoms with van der Waals surface area (Å²) in [4.78, 5) is 0. The number of nitrogens with one attached hydrogen (secondary N) is 1. The fourth-order valence-corrected chi connectivity index (χ4v) is 2.81. The fourth-order valence-electron chi connectivity index (χ4n) is 2.81. The van der Waals surface area contributed by atoms with Crippen molar-refractivity contribution < 1.29 is 14.2 Å². The normalized spacial score (nSPS) is 17.4. The van der Waals surface area contributed by atoms with E-state index >= 15 is 0 Å². The zero-order chi connectivity index (χ0) is 15.2. The summed E-state index contributed by atoms with van der Waals surface area (Å²) >= 11 is 0. The summed E-state index contributed by atoms with van der Waals surface area (Å²) in [6.45, 7) is 8.80. The van der Waals surface area contributed by atoms with Crippen LogP contribution in [0.5, 0.6) is 11.5 Å². The van der Waals surface area contributed by atoms with E-state index in [9.17, 15) is 0 Å². The van der Waals surface area contributed by atoms with E-state index in [1.54, 1.807) is 7.11 Å². The molecule has 0 bridgehead atoms. The first-order valence-corrected chi connectivity index (χ1v) is 7.83. The average Bonchev–Trinajstić information content (AvgIpc) is 2.71. The van der Waals surface area contributed by atoms with Crippen LogP contribution in [0.3, 0.4) is 0 Å². The van der Waals surface area contributed by atoms with Crippen molar-refractivity contribution in [2.45, 2.75) is 39.3 Å². The minimum Gasteiger partial charge on any atom is -0.490 e. The second-order valence-electron chi connectivity index (χ2n) is 5.74. The molecular formula is C17H27NO3. The van der Waals surface area contributed by atoms with Crippen molar-refractivity contribution in [3.63, 3.8) is 0 Å². The van der Waals surface area contributed by atoms with Crippen LogP contribution in [0.4, 0.5) is 0 Å². The largest absolute Gasteiger partial charge is 0.490 e. The topological polar surface area (TPSA) is 39.7 Å². The Bertz CT molecular complexity index is 448. The van der Waals surface area contributed by atoms with E-state index in [1.165, 1.54) is 5.56 Å². The van der Waals surface area contributed by atoms with Crippen molar-refractivity contribution in [2.75, 3.05) is 26.9 Å². The van der Waals surface area contributed by atoms with Gasteiger partial charge in [-0.15, -0.1) is 0 Å². The molecule has 0 fully saturated rings. The third-order valence-electron chi connectivity index (χ3n) is 3.81. The number of rotatable bonds is 6. The van der Waals surface area contributed by atoms with Crippen molar-refractivity contribution in [2.24, 2.45) is 5.92 Å². The van der Waals surface area contributed by atoms with Gasteiger partial charge in [0, 0.05) is 13.5 Å². The van der Waals surface area contributed by atoms with Crippen molar-refractivity contribution in [1.82, 2.24) is 5.32 Å². The molecule has 0 amide bonds. The molecule has 0 saturated heterocycles. The molecule has 2 rings (SSSR count). The van der Waals surface area contributed by atoms with E-state index in [4.69, 9.17) is 14.2 Å². The van der Waals surface area contributed by atoms with Gasteiger partial charge >= 0.3 is 0 Å². The van der Waals surface area contributed by atoms with Crippen LogP contribution in [0.2, 0.25) is 0 Å². The Labute approximate surface area is 127 Å². The average molecular weight is 293 g/mol. The zero-order valence-electron chi connectivity index (χ0n) is 13.5. The van der Waals surface area contributed by atoms with Gasteiger partial charge in [-0.25, -0.2) is 0 Å². The number of fused-ring (bicyclic) bond motifs is 1. The van der Waals surface area contributed by atoms with E-state index in [-0.39, 0.29) is 12.1 Å². The van der Waals surface area contributed by atoms with Crippen LogP contribution >= 0.6 is 0 Å². The second-order valence-corrected chi connectivity index (χ2v) is 5.74. The van der Waals surface area contributed by atoms with E-state index < -0.39 is 0 Å². The number of methoxy groups -OCH3 is 1. The molecule has 4 nitrogen and oxygen atoms in total. The minimum atomic E-state index is 0.120. The van der Waals surface area contributed by atoms with Gasteiger partial charge in [-0.05, 0) is 30.2 Å². The second kappa shape index (κ2) is 7.66. The van der Waals surface area contributed by atoms with Crippen molar-refractivity contribution >= 4 is 0 Å². The van der Waals surface area contributed by atoms with Crippen LogP contribution < -0.4 is 14.8 Å². The summed E-state index contributed by atoms with van der Waals surface area (Å²) in [5.41, 5.74) is 1.18. The third-order valence-corrected chi connectivity index (χ3v) is 3.81. The highest BCUT2D eigenvalue weighted by molar-refractivity contribution is 5.44. The monoisotopic (exact) mass is 293 g/mol. The number of ether oxygens (including phenoxy) is 3. The van der Waals surface area contributed by atoms with Crippen LogP contribution in [-0.4, -0.2) is 33.0 Å². The molecule has 2 unspecified atom stereocenters. The first kappa shape index (κ1) is 16.1. The number of likely N-dealkylation sites (N-methyl/N-ethyl adjacent to an activating group) is 1. The summed E-state index contributed by atoms with van der Waals surface area (Å²) in [6, 6.07) is 6.35. The Balaban J connectivity index is 2.29. The first-order chi connectivity index (χ1) is 10.2. The summed E-state index contributed by atoms with van der Waals surface area (Å²) in [6.07, 6.45) is 1.04. The number of hydrogen-bond donors (Lipinski definition) is 1. The zero-order valence-corrected chi connectivity index (χ0v) is 13.5. The van der Waals surface area contributed by atoms with E-state index in [2.05, 4.69) is 38.2 Å². The van der Waals surface area contributed by atoms with Gasteiger partial charge in [-0.3, -0.25) is 0 Å². The van der Waals surface area contributed by atoms with Crippen LogP contribution in [0.15, 0.2) is 18.2 Å². The van der Waals surface area contributed by atoms with Crippen molar-refractivity contribution in [1.29, 1.82) is 0 Å². The van der Waals surface area contributed by atoms with Crippen molar-refractivity contribution in [3.05, 3.63) is 23.8 Å². The third kappa shape index (κ3) is 3.89. The lowest BCUT2D eigenvalue weighted by Crippen LogP contribution is -2.36. The molecule has 1 aliphatic heterocycles. The molecule has 4 heteroatoms. The van der Waals surface area contributed by atoms with Crippen LogP contribution in [0.25, 0.3) is 0 Å². The van der Waals surface area contributed by atoms with Gasteiger partial charge in [0.05, 0.1) is 25.4 Å². The maximum atomic E-state index is 5.80. The summed E-state index contributed by atoms with van der Waals surface area (Å²) in [5, 5.41) is 3.53. The molecule has 0 saturated carbocycles. The molecule has 21 heavy (non-hydrogen) atoms. The minimum absolute atomic E-state index is 0.120. The molecule has 2 atom stereocenters. The smallest absolute Gasteiger partial charge is 0.161 e. The van der Waals surface area contributed by atoms with Gasteiger partial charge in [0.15, 0.2) is 11.5 Å². The van der Waals surface area contributed by atoms with Gasteiger partial charge in [0.1, 0.15) is 0 Å². The molecule has 0 aromatic heterocycles. The Morgan fingerprint density at radius 3 is 2.52 bits per heavy atom. The standard InChI is InChI=1S/C17H27NO3/c1-5-18-16(17(19-4)12(2)3)13-7-8-14-15(11-13)21-10-6-9-20-14/h7-8,11-12,16-18H,5-6,9-10H2,1-4H3. The Kier molecular flexibility index (Phi) is 5.88. The predicted molar refractivity (Wildman–Crippen MR) is 84.1 cm³/mol. The first-order valence-electron chi connectivity index (χ1n) is 7.83.